The molecule has 1 aromatic heterocycles. The largest absolute Gasteiger partial charge is 0.496 e. The predicted octanol–water partition coefficient (Wildman–Crippen LogP) is 5.32. The molecule has 3 aromatic rings. The molecule has 5 rings (SSSR count). The van der Waals surface area contributed by atoms with Gasteiger partial charge in [0.05, 0.1) is 18.8 Å². The number of rotatable bonds is 8. The number of carbonyl (C=O) groups is 1. The first-order valence-corrected chi connectivity index (χ1v) is 11.9. The molecule has 0 bridgehead atoms. The van der Waals surface area contributed by atoms with Crippen LogP contribution in [0, 0.1) is 12.8 Å². The molecule has 0 radical (unpaired) electrons. The van der Waals surface area contributed by atoms with E-state index in [9.17, 15) is 9.90 Å². The average Bonchev–Trinajstić information content (AvgIpc) is 3.53. The Kier molecular flexibility index (Phi) is 6.13. The quantitative estimate of drug-likeness (QED) is 0.488. The third-order valence-corrected chi connectivity index (χ3v) is 7.16. The van der Waals surface area contributed by atoms with Crippen molar-refractivity contribution >= 4 is 16.9 Å². The van der Waals surface area contributed by atoms with Gasteiger partial charge in [-0.25, -0.2) is 4.79 Å². The highest BCUT2D eigenvalue weighted by atomic mass is 16.5. The van der Waals surface area contributed by atoms with Gasteiger partial charge in [-0.2, -0.15) is 0 Å². The number of nitrogens with zero attached hydrogens (tertiary/aromatic N) is 1. The molecule has 0 unspecified atom stereocenters. The van der Waals surface area contributed by atoms with E-state index in [-0.39, 0.29) is 12.1 Å². The first kappa shape index (κ1) is 22.0. The van der Waals surface area contributed by atoms with E-state index < -0.39 is 5.97 Å². The number of piperidine rings is 1. The van der Waals surface area contributed by atoms with Gasteiger partial charge in [-0.3, -0.25) is 4.90 Å². The number of likely N-dealkylation sites (tertiary alicyclic amines) is 1. The van der Waals surface area contributed by atoms with Crippen molar-refractivity contribution in [3.63, 3.8) is 0 Å². The molecule has 0 spiro atoms. The molecular weight excluding hydrogens is 416 g/mol. The van der Waals surface area contributed by atoms with Gasteiger partial charge in [0, 0.05) is 48.4 Å². The fourth-order valence-electron chi connectivity index (χ4n) is 5.06. The Morgan fingerprint density at radius 3 is 2.67 bits per heavy atom. The van der Waals surface area contributed by atoms with Crippen LogP contribution < -0.4 is 4.74 Å². The smallest absolute Gasteiger partial charge is 0.335 e. The molecule has 1 saturated heterocycles. The van der Waals surface area contributed by atoms with Crippen LogP contribution in [0.25, 0.3) is 10.9 Å². The molecule has 33 heavy (non-hydrogen) atoms. The number of carboxylic acids is 1. The molecule has 1 saturated carbocycles. The van der Waals surface area contributed by atoms with E-state index in [0.717, 1.165) is 55.3 Å². The fourth-order valence-corrected chi connectivity index (χ4v) is 5.06. The van der Waals surface area contributed by atoms with Gasteiger partial charge in [-0.05, 0) is 73.9 Å². The lowest BCUT2D eigenvalue weighted by Crippen LogP contribution is -2.39. The standard InChI is InChI=1S/C27H32N2O4/c1-17-13-25(32-2)23(22-9-11-28-26(17)22)15-29-12-10-21(33-16-18-3-4-18)14-24(29)19-5-7-20(8-6-19)27(30)31/h5-9,11,13,18,21,24,28H,3-4,10,12,14-16H2,1-2H3,(H,30,31)/t21-,24+/m0/s1. The Labute approximate surface area is 194 Å². The van der Waals surface area contributed by atoms with Crippen LogP contribution >= 0.6 is 0 Å². The number of aromatic nitrogens is 1. The number of carboxylic acid groups (broad SMARTS) is 1. The van der Waals surface area contributed by atoms with Crippen LogP contribution in [0.3, 0.4) is 0 Å². The van der Waals surface area contributed by atoms with Crippen molar-refractivity contribution in [2.75, 3.05) is 20.3 Å². The third kappa shape index (κ3) is 4.63. The van der Waals surface area contributed by atoms with Crippen LogP contribution in [0.2, 0.25) is 0 Å². The number of hydrogen-bond donors (Lipinski definition) is 2. The maximum atomic E-state index is 11.4. The second-order valence-electron chi connectivity index (χ2n) is 9.48. The van der Waals surface area contributed by atoms with Crippen LogP contribution in [0.15, 0.2) is 42.6 Å². The zero-order chi connectivity index (χ0) is 22.9. The highest BCUT2D eigenvalue weighted by Crippen LogP contribution is 2.38. The molecular formula is C27H32N2O4. The lowest BCUT2D eigenvalue weighted by molar-refractivity contribution is -0.0229. The van der Waals surface area contributed by atoms with Gasteiger partial charge in [0.15, 0.2) is 0 Å². The van der Waals surface area contributed by atoms with Gasteiger partial charge in [0.1, 0.15) is 5.75 Å². The van der Waals surface area contributed by atoms with Crippen molar-refractivity contribution in [3.8, 4) is 5.75 Å². The Balaban J connectivity index is 1.44. The van der Waals surface area contributed by atoms with E-state index in [4.69, 9.17) is 9.47 Å². The summed E-state index contributed by atoms with van der Waals surface area (Å²) in [7, 11) is 1.73. The van der Waals surface area contributed by atoms with Gasteiger partial charge in [0.2, 0.25) is 0 Å². The Bertz CT molecular complexity index is 1130. The minimum Gasteiger partial charge on any atom is -0.496 e. The van der Waals surface area contributed by atoms with E-state index in [1.54, 1.807) is 19.2 Å². The summed E-state index contributed by atoms with van der Waals surface area (Å²) in [5.41, 5.74) is 4.95. The predicted molar refractivity (Wildman–Crippen MR) is 128 cm³/mol. The molecule has 2 fully saturated rings. The Morgan fingerprint density at radius 2 is 1.97 bits per heavy atom. The number of aryl methyl sites for hydroxylation is 1. The number of aromatic carboxylic acids is 1. The van der Waals surface area contributed by atoms with Crippen molar-refractivity contribution < 1.29 is 19.4 Å². The molecule has 6 heteroatoms. The highest BCUT2D eigenvalue weighted by Gasteiger charge is 2.32. The van der Waals surface area contributed by atoms with Gasteiger partial charge < -0.3 is 19.6 Å². The summed E-state index contributed by atoms with van der Waals surface area (Å²) in [6, 6.07) is 11.7. The summed E-state index contributed by atoms with van der Waals surface area (Å²) in [5.74, 6) is 0.758. The monoisotopic (exact) mass is 448 g/mol. The van der Waals surface area contributed by atoms with Gasteiger partial charge in [-0.1, -0.05) is 12.1 Å². The van der Waals surface area contributed by atoms with E-state index in [2.05, 4.69) is 28.9 Å². The molecule has 174 valence electrons. The molecule has 1 aliphatic carbocycles. The van der Waals surface area contributed by atoms with Crippen molar-refractivity contribution in [2.45, 2.75) is 51.3 Å². The van der Waals surface area contributed by atoms with Crippen LogP contribution in [0.4, 0.5) is 0 Å². The SMILES string of the molecule is COc1cc(C)c2[nH]ccc2c1CN1CC[C@H](OCC2CC2)C[C@@H]1c1ccc(C(=O)O)cc1. The van der Waals surface area contributed by atoms with Crippen LogP contribution in [0.1, 0.15) is 58.8 Å². The number of aromatic amines is 1. The van der Waals surface area contributed by atoms with Crippen molar-refractivity contribution in [1.82, 2.24) is 9.88 Å². The molecule has 2 atom stereocenters. The first-order chi connectivity index (χ1) is 16.0. The van der Waals surface area contributed by atoms with E-state index >= 15 is 0 Å². The molecule has 2 aromatic carbocycles. The number of benzene rings is 2. The van der Waals surface area contributed by atoms with Crippen molar-refractivity contribution in [1.29, 1.82) is 0 Å². The number of H-pyrrole nitrogens is 1. The van der Waals surface area contributed by atoms with Crippen LogP contribution in [-0.4, -0.2) is 47.3 Å². The number of methoxy groups -OCH3 is 1. The van der Waals surface area contributed by atoms with Gasteiger partial charge >= 0.3 is 5.97 Å². The summed E-state index contributed by atoms with van der Waals surface area (Å²) in [4.78, 5) is 17.2. The first-order valence-electron chi connectivity index (χ1n) is 11.9. The maximum absolute atomic E-state index is 11.4. The van der Waals surface area contributed by atoms with Gasteiger partial charge in [0.25, 0.3) is 0 Å². The molecule has 1 aliphatic heterocycles. The molecule has 6 nitrogen and oxygen atoms in total. The number of hydrogen-bond acceptors (Lipinski definition) is 4. The van der Waals surface area contributed by atoms with Crippen LogP contribution in [-0.2, 0) is 11.3 Å². The molecule has 2 aliphatic rings. The Hall–Kier alpha value is -2.83. The van der Waals surface area contributed by atoms with E-state index in [0.29, 0.717) is 5.56 Å². The molecule has 2 N–H and O–H groups in total. The normalized spacial score (nSPS) is 21.4. The summed E-state index contributed by atoms with van der Waals surface area (Å²) in [6.07, 6.45) is 6.71. The fraction of sp³-hybridized carbons (Fsp3) is 0.444. The maximum Gasteiger partial charge on any atom is 0.335 e. The number of fused-ring (bicyclic) bond motifs is 1. The number of nitrogens with one attached hydrogen (secondary N) is 1. The minimum atomic E-state index is -0.896. The van der Waals surface area contributed by atoms with Crippen molar-refractivity contribution in [3.05, 3.63) is 64.8 Å². The summed E-state index contributed by atoms with van der Waals surface area (Å²) >= 11 is 0. The van der Waals surface area contributed by atoms with Gasteiger partial charge in [-0.15, -0.1) is 0 Å². The number of ether oxygens (including phenoxy) is 2. The topological polar surface area (TPSA) is 74.8 Å². The summed E-state index contributed by atoms with van der Waals surface area (Å²) < 4.78 is 12.1. The summed E-state index contributed by atoms with van der Waals surface area (Å²) in [5, 5.41) is 10.5. The van der Waals surface area contributed by atoms with Crippen LogP contribution in [0.5, 0.6) is 5.75 Å². The average molecular weight is 449 g/mol. The second-order valence-corrected chi connectivity index (χ2v) is 9.48. The minimum absolute atomic E-state index is 0.158. The zero-order valence-electron chi connectivity index (χ0n) is 19.3. The zero-order valence-corrected chi connectivity index (χ0v) is 19.3. The lowest BCUT2D eigenvalue weighted by Gasteiger charge is -2.40. The van der Waals surface area contributed by atoms with Crippen molar-refractivity contribution in [2.24, 2.45) is 5.92 Å². The molecule has 2 heterocycles. The third-order valence-electron chi connectivity index (χ3n) is 7.16. The Morgan fingerprint density at radius 1 is 1.18 bits per heavy atom. The lowest BCUT2D eigenvalue weighted by atomic mass is 9.91. The molecule has 0 amide bonds. The van der Waals surface area contributed by atoms with E-state index in [1.165, 1.54) is 29.4 Å². The van der Waals surface area contributed by atoms with E-state index in [1.807, 2.05) is 18.3 Å². The summed E-state index contributed by atoms with van der Waals surface area (Å²) in [6.45, 7) is 4.65. The second kappa shape index (κ2) is 9.20. The highest BCUT2D eigenvalue weighted by molar-refractivity contribution is 5.88.